The second-order valence-electron chi connectivity index (χ2n) is 7.61. The number of hydrogen-bond donors (Lipinski definition) is 2. The molecule has 1 aromatic heterocycles. The summed E-state index contributed by atoms with van der Waals surface area (Å²) in [7, 11) is 0. The van der Waals surface area contributed by atoms with Crippen LogP contribution in [0.25, 0.3) is 0 Å². The normalized spacial score (nSPS) is 20.3. The molecule has 6 nitrogen and oxygen atoms in total. The maximum absolute atomic E-state index is 12.5. The number of carbonyl (C=O) groups excluding carboxylic acids is 1. The molecule has 134 valence electrons. The lowest BCUT2D eigenvalue weighted by Gasteiger charge is -2.25. The molecule has 1 atom stereocenters. The third kappa shape index (κ3) is 4.08. The number of hydrogen-bond acceptors (Lipinski definition) is 3. The summed E-state index contributed by atoms with van der Waals surface area (Å²) < 4.78 is 2.18. The predicted octanol–water partition coefficient (Wildman–Crippen LogP) is 3.33. The largest absolute Gasteiger partial charge is 0.335 e. The molecule has 1 saturated carbocycles. The number of carbonyl (C=O) groups is 1. The first-order chi connectivity index (χ1) is 11.6. The second-order valence-corrected chi connectivity index (χ2v) is 7.61. The first-order valence-corrected chi connectivity index (χ1v) is 9.64. The van der Waals surface area contributed by atoms with Crippen molar-refractivity contribution in [2.75, 3.05) is 0 Å². The molecule has 1 aliphatic heterocycles. The molecule has 0 saturated heterocycles. The molecular weight excluding hydrogens is 302 g/mol. The average molecular weight is 333 g/mol. The SMILES string of the molecule is CC(C)[C@@H](NC(=O)NC1CCCCCCC1)c1nnc2n1CCC2. The molecule has 0 unspecified atom stereocenters. The third-order valence-electron chi connectivity index (χ3n) is 5.31. The Morgan fingerprint density at radius 2 is 1.79 bits per heavy atom. The number of fused-ring (bicyclic) bond motifs is 1. The number of urea groups is 1. The summed E-state index contributed by atoms with van der Waals surface area (Å²) in [4.78, 5) is 12.5. The van der Waals surface area contributed by atoms with Crippen LogP contribution in [0.4, 0.5) is 4.79 Å². The van der Waals surface area contributed by atoms with E-state index >= 15 is 0 Å². The van der Waals surface area contributed by atoms with Crippen molar-refractivity contribution < 1.29 is 4.79 Å². The van der Waals surface area contributed by atoms with Crippen LogP contribution in [0.1, 0.15) is 82.9 Å². The summed E-state index contributed by atoms with van der Waals surface area (Å²) in [6, 6.07) is 0.162. The van der Waals surface area contributed by atoms with E-state index in [2.05, 4.69) is 39.2 Å². The number of aryl methyl sites for hydroxylation is 1. The van der Waals surface area contributed by atoms with Crippen molar-refractivity contribution in [3.8, 4) is 0 Å². The molecule has 2 aliphatic rings. The zero-order chi connectivity index (χ0) is 16.9. The fraction of sp³-hybridized carbons (Fsp3) is 0.833. The average Bonchev–Trinajstić information content (AvgIpc) is 3.10. The highest BCUT2D eigenvalue weighted by Gasteiger charge is 2.28. The number of amides is 2. The van der Waals surface area contributed by atoms with Gasteiger partial charge in [-0.3, -0.25) is 0 Å². The fourth-order valence-electron chi connectivity index (χ4n) is 3.90. The van der Waals surface area contributed by atoms with E-state index in [1.54, 1.807) is 0 Å². The minimum Gasteiger partial charge on any atom is -0.335 e. The van der Waals surface area contributed by atoms with Gasteiger partial charge in [-0.25, -0.2) is 4.79 Å². The van der Waals surface area contributed by atoms with E-state index in [-0.39, 0.29) is 18.0 Å². The molecule has 2 amide bonds. The highest BCUT2D eigenvalue weighted by molar-refractivity contribution is 5.74. The number of nitrogens with one attached hydrogen (secondary N) is 2. The summed E-state index contributed by atoms with van der Waals surface area (Å²) in [6.45, 7) is 5.21. The predicted molar refractivity (Wildman–Crippen MR) is 93.7 cm³/mol. The van der Waals surface area contributed by atoms with Crippen molar-refractivity contribution in [3.05, 3.63) is 11.6 Å². The van der Waals surface area contributed by atoms with E-state index in [0.717, 1.165) is 43.9 Å². The molecule has 0 aromatic carbocycles. The van der Waals surface area contributed by atoms with Gasteiger partial charge >= 0.3 is 6.03 Å². The van der Waals surface area contributed by atoms with Gasteiger partial charge in [-0.15, -0.1) is 10.2 Å². The van der Waals surface area contributed by atoms with E-state index in [1.807, 2.05) is 0 Å². The molecule has 24 heavy (non-hydrogen) atoms. The molecule has 2 N–H and O–H groups in total. The van der Waals surface area contributed by atoms with Gasteiger partial charge in [0.05, 0.1) is 6.04 Å². The molecule has 1 aliphatic carbocycles. The smallest absolute Gasteiger partial charge is 0.315 e. The zero-order valence-corrected chi connectivity index (χ0v) is 15.1. The van der Waals surface area contributed by atoms with Gasteiger partial charge < -0.3 is 15.2 Å². The molecule has 0 bridgehead atoms. The van der Waals surface area contributed by atoms with E-state index in [0.29, 0.717) is 6.04 Å². The van der Waals surface area contributed by atoms with Gasteiger partial charge in [0.15, 0.2) is 5.82 Å². The van der Waals surface area contributed by atoms with Gasteiger partial charge in [0.2, 0.25) is 0 Å². The molecule has 0 spiro atoms. The fourth-order valence-corrected chi connectivity index (χ4v) is 3.90. The van der Waals surface area contributed by atoms with E-state index < -0.39 is 0 Å². The third-order valence-corrected chi connectivity index (χ3v) is 5.31. The van der Waals surface area contributed by atoms with Crippen LogP contribution in [0.3, 0.4) is 0 Å². The van der Waals surface area contributed by atoms with E-state index in [9.17, 15) is 4.79 Å². The minimum atomic E-state index is -0.0853. The summed E-state index contributed by atoms with van der Waals surface area (Å²) in [5, 5.41) is 15.0. The Labute approximate surface area is 144 Å². The van der Waals surface area contributed by atoms with Crippen molar-refractivity contribution in [2.45, 2.75) is 90.3 Å². The van der Waals surface area contributed by atoms with Crippen LogP contribution in [0, 0.1) is 5.92 Å². The van der Waals surface area contributed by atoms with E-state index in [4.69, 9.17) is 0 Å². The Morgan fingerprint density at radius 3 is 2.50 bits per heavy atom. The Morgan fingerprint density at radius 1 is 1.08 bits per heavy atom. The van der Waals surface area contributed by atoms with Crippen LogP contribution in [-0.4, -0.2) is 26.8 Å². The van der Waals surface area contributed by atoms with Gasteiger partial charge in [-0.2, -0.15) is 0 Å². The molecule has 3 rings (SSSR count). The van der Waals surface area contributed by atoms with Crippen LogP contribution in [0.2, 0.25) is 0 Å². The highest BCUT2D eigenvalue weighted by atomic mass is 16.2. The summed E-state index contributed by atoms with van der Waals surface area (Å²) in [5.41, 5.74) is 0. The quantitative estimate of drug-likeness (QED) is 0.888. The molecular formula is C18H31N5O. The second kappa shape index (κ2) is 7.99. The Hall–Kier alpha value is -1.59. The van der Waals surface area contributed by atoms with Gasteiger partial charge in [-0.1, -0.05) is 46.0 Å². The molecule has 0 radical (unpaired) electrons. The van der Waals surface area contributed by atoms with Crippen molar-refractivity contribution in [2.24, 2.45) is 5.92 Å². The molecule has 2 heterocycles. The lowest BCUT2D eigenvalue weighted by molar-refractivity contribution is 0.224. The first-order valence-electron chi connectivity index (χ1n) is 9.64. The zero-order valence-electron chi connectivity index (χ0n) is 15.1. The standard InChI is InChI=1S/C18H31N5O/c1-13(2)16(17-22-21-15-11-8-12-23(15)17)20-18(24)19-14-9-6-4-3-5-7-10-14/h13-14,16H,3-12H2,1-2H3,(H2,19,20,24)/t16-/m1/s1. The van der Waals surface area contributed by atoms with Crippen molar-refractivity contribution in [3.63, 3.8) is 0 Å². The number of aromatic nitrogens is 3. The summed E-state index contributed by atoms with van der Waals surface area (Å²) >= 11 is 0. The molecule has 1 aromatic rings. The van der Waals surface area contributed by atoms with Crippen molar-refractivity contribution >= 4 is 6.03 Å². The van der Waals surface area contributed by atoms with Crippen LogP contribution >= 0.6 is 0 Å². The first kappa shape index (κ1) is 17.2. The van der Waals surface area contributed by atoms with Crippen molar-refractivity contribution in [1.29, 1.82) is 0 Å². The van der Waals surface area contributed by atoms with Crippen LogP contribution in [0.15, 0.2) is 0 Å². The van der Waals surface area contributed by atoms with Crippen molar-refractivity contribution in [1.82, 2.24) is 25.4 Å². The maximum Gasteiger partial charge on any atom is 0.315 e. The summed E-state index contributed by atoms with van der Waals surface area (Å²) in [6.07, 6.45) is 10.7. The Balaban J connectivity index is 1.61. The molecule has 6 heteroatoms. The highest BCUT2D eigenvalue weighted by Crippen LogP contribution is 2.24. The minimum absolute atomic E-state index is 0.0605. The van der Waals surface area contributed by atoms with Crippen LogP contribution < -0.4 is 10.6 Å². The monoisotopic (exact) mass is 333 g/mol. The topological polar surface area (TPSA) is 71.8 Å². The Kier molecular flexibility index (Phi) is 5.74. The Bertz CT molecular complexity index is 546. The number of nitrogens with zero attached hydrogens (tertiary/aromatic N) is 3. The number of rotatable bonds is 4. The lowest BCUT2D eigenvalue weighted by Crippen LogP contribution is -2.45. The lowest BCUT2D eigenvalue weighted by atomic mass is 9.97. The molecule has 1 fully saturated rings. The van der Waals surface area contributed by atoms with Crippen LogP contribution in [0.5, 0.6) is 0 Å². The van der Waals surface area contributed by atoms with Crippen LogP contribution in [-0.2, 0) is 13.0 Å². The summed E-state index contributed by atoms with van der Waals surface area (Å²) in [5.74, 6) is 2.24. The maximum atomic E-state index is 12.5. The van der Waals surface area contributed by atoms with Gasteiger partial charge in [0.1, 0.15) is 5.82 Å². The van der Waals surface area contributed by atoms with Gasteiger partial charge in [-0.05, 0) is 25.2 Å². The van der Waals surface area contributed by atoms with E-state index in [1.165, 1.54) is 32.1 Å². The van der Waals surface area contributed by atoms with Gasteiger partial charge in [0, 0.05) is 19.0 Å². The van der Waals surface area contributed by atoms with Gasteiger partial charge in [0.25, 0.3) is 0 Å².